The molecule has 1 atom stereocenters. The molecule has 4 heteroatoms. The summed E-state index contributed by atoms with van der Waals surface area (Å²) in [6, 6.07) is 1.74. The molecule has 0 N–H and O–H groups in total. The number of Topliss-reactive ketones (excluding diaryl/α,β-unsaturated/α-hetero) is 1. The molecule has 2 rings (SSSR count). The maximum Gasteiger partial charge on any atom is 0.174 e. The van der Waals surface area contributed by atoms with Crippen molar-refractivity contribution in [2.75, 3.05) is 0 Å². The number of aromatic nitrogens is 1. The molecule has 0 amide bonds. The summed E-state index contributed by atoms with van der Waals surface area (Å²) in [5.74, 6) is -0.575. The van der Waals surface area contributed by atoms with E-state index in [1.54, 1.807) is 12.3 Å². The smallest absolute Gasteiger partial charge is 0.174 e. The Bertz CT molecular complexity index is 403. The predicted molar refractivity (Wildman–Crippen MR) is 54.1 cm³/mol. The van der Waals surface area contributed by atoms with E-state index < -0.39 is 5.92 Å². The average Bonchev–Trinajstić information content (AvgIpc) is 2.20. The van der Waals surface area contributed by atoms with Gasteiger partial charge in [-0.15, -0.1) is 0 Å². The van der Waals surface area contributed by atoms with Gasteiger partial charge in [-0.25, -0.2) is 0 Å². The maximum absolute atomic E-state index is 11.7. The SMILES string of the molecule is O=CC1CCc2ncc(Br)cc2C1=O. The Hall–Kier alpha value is -1.03. The Labute approximate surface area is 89.7 Å². The molecule has 1 aliphatic rings. The van der Waals surface area contributed by atoms with E-state index in [9.17, 15) is 9.59 Å². The third-order valence-electron chi connectivity index (χ3n) is 2.40. The van der Waals surface area contributed by atoms with Crippen LogP contribution in [-0.2, 0) is 11.2 Å². The number of pyridine rings is 1. The number of carbonyl (C=O) groups excluding carboxylic acids is 2. The van der Waals surface area contributed by atoms with E-state index in [2.05, 4.69) is 20.9 Å². The fourth-order valence-corrected chi connectivity index (χ4v) is 1.96. The molecule has 72 valence electrons. The Balaban J connectivity index is 2.48. The van der Waals surface area contributed by atoms with Crippen molar-refractivity contribution in [3.05, 3.63) is 28.0 Å². The van der Waals surface area contributed by atoms with Crippen LogP contribution in [0.2, 0.25) is 0 Å². The molecule has 14 heavy (non-hydrogen) atoms. The molecule has 1 heterocycles. The highest BCUT2D eigenvalue weighted by molar-refractivity contribution is 9.10. The van der Waals surface area contributed by atoms with E-state index in [1.165, 1.54) is 0 Å². The lowest BCUT2D eigenvalue weighted by molar-refractivity contribution is -0.110. The third-order valence-corrected chi connectivity index (χ3v) is 2.83. The summed E-state index contributed by atoms with van der Waals surface area (Å²) in [6.07, 6.45) is 3.70. The molecule has 1 aliphatic carbocycles. The normalized spacial score (nSPS) is 20.4. The quantitative estimate of drug-likeness (QED) is 0.567. The zero-order valence-corrected chi connectivity index (χ0v) is 8.95. The molecule has 1 unspecified atom stereocenters. The van der Waals surface area contributed by atoms with Crippen molar-refractivity contribution >= 4 is 28.0 Å². The van der Waals surface area contributed by atoms with Gasteiger partial charge in [0.2, 0.25) is 0 Å². The van der Waals surface area contributed by atoms with Gasteiger partial charge >= 0.3 is 0 Å². The number of ketones is 1. The summed E-state index contributed by atoms with van der Waals surface area (Å²) in [6.45, 7) is 0. The Morgan fingerprint density at radius 2 is 2.36 bits per heavy atom. The monoisotopic (exact) mass is 253 g/mol. The first-order valence-corrected chi connectivity index (χ1v) is 5.15. The topological polar surface area (TPSA) is 47.0 Å². The Morgan fingerprint density at radius 3 is 3.07 bits per heavy atom. The number of nitrogens with zero attached hydrogens (tertiary/aromatic N) is 1. The van der Waals surface area contributed by atoms with E-state index in [0.717, 1.165) is 16.5 Å². The fraction of sp³-hybridized carbons (Fsp3) is 0.300. The molecule has 1 aromatic rings. The highest BCUT2D eigenvalue weighted by Gasteiger charge is 2.27. The molecule has 1 aromatic heterocycles. The van der Waals surface area contributed by atoms with Gasteiger partial charge in [0.05, 0.1) is 11.6 Å². The van der Waals surface area contributed by atoms with Crippen molar-refractivity contribution < 1.29 is 9.59 Å². The molecule has 0 bridgehead atoms. The van der Waals surface area contributed by atoms with Gasteiger partial charge < -0.3 is 4.79 Å². The van der Waals surface area contributed by atoms with Crippen LogP contribution >= 0.6 is 15.9 Å². The molecular weight excluding hydrogens is 246 g/mol. The molecule has 0 fully saturated rings. The summed E-state index contributed by atoms with van der Waals surface area (Å²) >= 11 is 3.26. The van der Waals surface area contributed by atoms with Crippen LogP contribution in [0.1, 0.15) is 22.5 Å². The van der Waals surface area contributed by atoms with E-state index in [4.69, 9.17) is 0 Å². The first-order chi connectivity index (χ1) is 6.72. The van der Waals surface area contributed by atoms with Gasteiger partial charge in [-0.05, 0) is 34.8 Å². The number of rotatable bonds is 1. The highest BCUT2D eigenvalue weighted by Crippen LogP contribution is 2.25. The fourth-order valence-electron chi connectivity index (χ4n) is 1.63. The van der Waals surface area contributed by atoms with Crippen LogP contribution in [0.25, 0.3) is 0 Å². The van der Waals surface area contributed by atoms with E-state index in [1.807, 2.05) is 0 Å². The summed E-state index contributed by atoms with van der Waals surface area (Å²) in [5.41, 5.74) is 1.39. The van der Waals surface area contributed by atoms with Crippen molar-refractivity contribution in [3.8, 4) is 0 Å². The van der Waals surface area contributed by atoms with Crippen LogP contribution in [0.15, 0.2) is 16.7 Å². The lowest BCUT2D eigenvalue weighted by Gasteiger charge is -2.18. The minimum absolute atomic E-state index is 0.102. The summed E-state index contributed by atoms with van der Waals surface area (Å²) in [5, 5.41) is 0. The number of aldehydes is 1. The average molecular weight is 254 g/mol. The van der Waals surface area contributed by atoms with Gasteiger partial charge in [0.1, 0.15) is 6.29 Å². The Morgan fingerprint density at radius 1 is 1.57 bits per heavy atom. The summed E-state index contributed by atoms with van der Waals surface area (Å²) < 4.78 is 0.774. The molecule has 0 aliphatic heterocycles. The Kier molecular flexibility index (Phi) is 2.46. The van der Waals surface area contributed by atoms with Gasteiger partial charge in [-0.1, -0.05) is 0 Å². The molecule has 3 nitrogen and oxygen atoms in total. The van der Waals surface area contributed by atoms with E-state index >= 15 is 0 Å². The number of halogens is 1. The third kappa shape index (κ3) is 1.50. The molecule has 0 radical (unpaired) electrons. The molecular formula is C10H8BrNO2. The zero-order valence-electron chi connectivity index (χ0n) is 7.37. The lowest BCUT2D eigenvalue weighted by Crippen LogP contribution is -2.24. The molecule has 0 saturated carbocycles. The van der Waals surface area contributed by atoms with E-state index in [0.29, 0.717) is 18.4 Å². The van der Waals surface area contributed by atoms with Crippen molar-refractivity contribution in [1.29, 1.82) is 0 Å². The second-order valence-electron chi connectivity index (χ2n) is 3.29. The van der Waals surface area contributed by atoms with Crippen LogP contribution < -0.4 is 0 Å². The van der Waals surface area contributed by atoms with Crippen molar-refractivity contribution in [2.45, 2.75) is 12.8 Å². The number of fused-ring (bicyclic) bond motifs is 1. The second-order valence-corrected chi connectivity index (χ2v) is 4.21. The number of aryl methyl sites for hydroxylation is 1. The van der Waals surface area contributed by atoms with Crippen molar-refractivity contribution in [3.63, 3.8) is 0 Å². The number of carbonyl (C=O) groups is 2. The standard InChI is InChI=1S/C10H8BrNO2/c11-7-3-8-9(12-4-7)2-1-6(5-13)10(8)14/h3-6H,1-2H2. The van der Waals surface area contributed by atoms with Gasteiger partial charge in [0.25, 0.3) is 0 Å². The van der Waals surface area contributed by atoms with Gasteiger partial charge in [0.15, 0.2) is 5.78 Å². The zero-order chi connectivity index (χ0) is 10.1. The van der Waals surface area contributed by atoms with Gasteiger partial charge in [-0.2, -0.15) is 0 Å². The first-order valence-electron chi connectivity index (χ1n) is 4.36. The minimum Gasteiger partial charge on any atom is -0.303 e. The van der Waals surface area contributed by atoms with Crippen LogP contribution in [0.4, 0.5) is 0 Å². The van der Waals surface area contributed by atoms with Gasteiger partial charge in [0, 0.05) is 16.2 Å². The lowest BCUT2D eigenvalue weighted by atomic mass is 9.86. The van der Waals surface area contributed by atoms with Crippen LogP contribution in [0.3, 0.4) is 0 Å². The number of hydrogen-bond donors (Lipinski definition) is 0. The first kappa shape index (κ1) is 9.52. The largest absolute Gasteiger partial charge is 0.303 e. The van der Waals surface area contributed by atoms with Crippen molar-refractivity contribution in [1.82, 2.24) is 4.98 Å². The highest BCUT2D eigenvalue weighted by atomic mass is 79.9. The minimum atomic E-state index is -0.474. The molecule has 0 spiro atoms. The number of hydrogen-bond acceptors (Lipinski definition) is 3. The van der Waals surface area contributed by atoms with Crippen LogP contribution in [0, 0.1) is 5.92 Å². The van der Waals surface area contributed by atoms with Crippen molar-refractivity contribution in [2.24, 2.45) is 5.92 Å². The van der Waals surface area contributed by atoms with Crippen LogP contribution in [0.5, 0.6) is 0 Å². The van der Waals surface area contributed by atoms with Crippen LogP contribution in [-0.4, -0.2) is 17.1 Å². The van der Waals surface area contributed by atoms with E-state index in [-0.39, 0.29) is 5.78 Å². The summed E-state index contributed by atoms with van der Waals surface area (Å²) in [7, 11) is 0. The van der Waals surface area contributed by atoms with Gasteiger partial charge in [-0.3, -0.25) is 9.78 Å². The summed E-state index contributed by atoms with van der Waals surface area (Å²) in [4.78, 5) is 26.5. The second kappa shape index (κ2) is 3.61. The molecule has 0 aromatic carbocycles. The maximum atomic E-state index is 11.7. The predicted octanol–water partition coefficient (Wildman–Crippen LogP) is 1.79. The molecule has 0 saturated heterocycles.